The van der Waals surface area contributed by atoms with Crippen molar-refractivity contribution in [3.63, 3.8) is 0 Å². The van der Waals surface area contributed by atoms with Gasteiger partial charge in [-0.2, -0.15) is 0 Å². The zero-order chi connectivity index (χ0) is 17.3. The SMILES string of the molecule is CCCO[SiH](CCCCCCCCCCN1C=COC1)OCCC. The van der Waals surface area contributed by atoms with Crippen molar-refractivity contribution < 1.29 is 13.6 Å². The molecule has 0 aliphatic carbocycles. The van der Waals surface area contributed by atoms with Crippen LogP contribution in [0.4, 0.5) is 0 Å². The number of unbranched alkanes of at least 4 members (excludes halogenated alkanes) is 7. The van der Waals surface area contributed by atoms with E-state index in [1.807, 2.05) is 6.20 Å². The summed E-state index contributed by atoms with van der Waals surface area (Å²) in [5.41, 5.74) is 0. The third-order valence-corrected chi connectivity index (χ3v) is 6.35. The lowest BCUT2D eigenvalue weighted by molar-refractivity contribution is 0.169. The molecule has 0 amide bonds. The molecule has 5 heteroatoms. The van der Waals surface area contributed by atoms with Crippen molar-refractivity contribution in [3.8, 4) is 0 Å². The van der Waals surface area contributed by atoms with Crippen LogP contribution < -0.4 is 0 Å². The molecule has 1 heterocycles. The van der Waals surface area contributed by atoms with Crippen LogP contribution in [0.25, 0.3) is 0 Å². The van der Waals surface area contributed by atoms with Crippen molar-refractivity contribution >= 4 is 9.28 Å². The smallest absolute Gasteiger partial charge is 0.321 e. The summed E-state index contributed by atoms with van der Waals surface area (Å²) in [5.74, 6) is 0. The summed E-state index contributed by atoms with van der Waals surface area (Å²) in [6.45, 7) is 7.97. The molecule has 0 aromatic heterocycles. The van der Waals surface area contributed by atoms with E-state index in [0.717, 1.165) is 39.3 Å². The van der Waals surface area contributed by atoms with Crippen LogP contribution in [-0.4, -0.2) is 40.7 Å². The third kappa shape index (κ3) is 11.9. The predicted octanol–water partition coefficient (Wildman–Crippen LogP) is 4.94. The van der Waals surface area contributed by atoms with E-state index in [0.29, 0.717) is 0 Å². The molecule has 0 N–H and O–H groups in total. The molecule has 1 aliphatic rings. The molecular formula is C19H39NO3Si. The molecule has 0 bridgehead atoms. The zero-order valence-electron chi connectivity index (χ0n) is 16.0. The molecule has 4 nitrogen and oxygen atoms in total. The van der Waals surface area contributed by atoms with Gasteiger partial charge >= 0.3 is 9.28 Å². The van der Waals surface area contributed by atoms with Gasteiger partial charge in [-0.15, -0.1) is 0 Å². The molecule has 0 fully saturated rings. The van der Waals surface area contributed by atoms with Gasteiger partial charge in [0.15, 0.2) is 6.73 Å². The molecule has 1 rings (SSSR count). The highest BCUT2D eigenvalue weighted by molar-refractivity contribution is 6.44. The summed E-state index contributed by atoms with van der Waals surface area (Å²) >= 11 is 0. The summed E-state index contributed by atoms with van der Waals surface area (Å²) in [7, 11) is -1.38. The van der Waals surface area contributed by atoms with E-state index in [2.05, 4.69) is 18.7 Å². The van der Waals surface area contributed by atoms with E-state index in [9.17, 15) is 0 Å². The first kappa shape index (κ1) is 21.5. The van der Waals surface area contributed by atoms with E-state index in [1.54, 1.807) is 6.26 Å². The summed E-state index contributed by atoms with van der Waals surface area (Å²) in [6.07, 6.45) is 16.8. The summed E-state index contributed by atoms with van der Waals surface area (Å²) in [6, 6.07) is 1.19. The molecule has 0 atom stereocenters. The Kier molecular flexibility index (Phi) is 14.3. The molecule has 0 radical (unpaired) electrons. The number of nitrogens with zero attached hydrogens (tertiary/aromatic N) is 1. The largest absolute Gasteiger partial charge is 0.479 e. The molecule has 24 heavy (non-hydrogen) atoms. The quantitative estimate of drug-likeness (QED) is 0.272. The Morgan fingerprint density at radius 1 is 0.875 bits per heavy atom. The maximum absolute atomic E-state index is 5.91. The Morgan fingerprint density at radius 2 is 1.46 bits per heavy atom. The molecule has 0 unspecified atom stereocenters. The Balaban J connectivity index is 1.84. The van der Waals surface area contributed by atoms with E-state index in [1.165, 1.54) is 57.4 Å². The van der Waals surface area contributed by atoms with Gasteiger partial charge in [-0.05, 0) is 25.3 Å². The highest BCUT2D eigenvalue weighted by atomic mass is 28.3. The van der Waals surface area contributed by atoms with E-state index < -0.39 is 9.28 Å². The molecule has 0 aromatic carbocycles. The van der Waals surface area contributed by atoms with Crippen molar-refractivity contribution in [2.75, 3.05) is 26.5 Å². The number of ether oxygens (including phenoxy) is 1. The fraction of sp³-hybridized carbons (Fsp3) is 0.895. The van der Waals surface area contributed by atoms with Gasteiger partial charge < -0.3 is 18.5 Å². The minimum Gasteiger partial charge on any atom is -0.479 e. The molecule has 1 aliphatic heterocycles. The molecule has 0 saturated carbocycles. The molecule has 0 spiro atoms. The van der Waals surface area contributed by atoms with Crippen LogP contribution in [-0.2, 0) is 13.6 Å². The van der Waals surface area contributed by atoms with Gasteiger partial charge in [0.05, 0.1) is 0 Å². The van der Waals surface area contributed by atoms with Crippen molar-refractivity contribution in [1.82, 2.24) is 4.90 Å². The van der Waals surface area contributed by atoms with Crippen molar-refractivity contribution in [3.05, 3.63) is 12.5 Å². The minimum absolute atomic E-state index is 0.744. The summed E-state index contributed by atoms with van der Waals surface area (Å²) in [5, 5.41) is 0. The van der Waals surface area contributed by atoms with Gasteiger partial charge in [-0.3, -0.25) is 0 Å². The second-order valence-corrected chi connectivity index (χ2v) is 8.78. The van der Waals surface area contributed by atoms with Crippen molar-refractivity contribution in [2.45, 2.75) is 84.1 Å². The van der Waals surface area contributed by atoms with Crippen molar-refractivity contribution in [2.24, 2.45) is 0 Å². The number of hydrogen-bond acceptors (Lipinski definition) is 4. The fourth-order valence-electron chi connectivity index (χ4n) is 2.85. The second-order valence-electron chi connectivity index (χ2n) is 6.68. The summed E-state index contributed by atoms with van der Waals surface area (Å²) in [4.78, 5) is 2.24. The Morgan fingerprint density at radius 3 is 2.00 bits per heavy atom. The average Bonchev–Trinajstić information content (AvgIpc) is 3.11. The van der Waals surface area contributed by atoms with Gasteiger partial charge in [0.25, 0.3) is 0 Å². The first-order chi connectivity index (χ1) is 11.9. The lowest BCUT2D eigenvalue weighted by Crippen LogP contribution is -2.23. The van der Waals surface area contributed by atoms with Crippen LogP contribution in [0.3, 0.4) is 0 Å². The molecular weight excluding hydrogens is 318 g/mol. The highest BCUT2D eigenvalue weighted by Crippen LogP contribution is 2.13. The van der Waals surface area contributed by atoms with Crippen molar-refractivity contribution in [1.29, 1.82) is 0 Å². The maximum atomic E-state index is 5.91. The second kappa shape index (κ2) is 16.0. The highest BCUT2D eigenvalue weighted by Gasteiger charge is 2.12. The number of hydrogen-bond donors (Lipinski definition) is 0. The molecule has 142 valence electrons. The first-order valence-electron chi connectivity index (χ1n) is 10.1. The third-order valence-electron chi connectivity index (χ3n) is 4.26. The Bertz CT molecular complexity index is 294. The van der Waals surface area contributed by atoms with Gasteiger partial charge in [0.1, 0.15) is 6.26 Å². The van der Waals surface area contributed by atoms with Gasteiger partial charge in [0, 0.05) is 26.0 Å². The van der Waals surface area contributed by atoms with Crippen LogP contribution in [0.15, 0.2) is 12.5 Å². The van der Waals surface area contributed by atoms with Crippen LogP contribution in [0.1, 0.15) is 78.1 Å². The van der Waals surface area contributed by atoms with Crippen LogP contribution in [0.5, 0.6) is 0 Å². The molecule has 0 saturated heterocycles. The van der Waals surface area contributed by atoms with Crippen LogP contribution in [0, 0.1) is 0 Å². The monoisotopic (exact) mass is 357 g/mol. The Labute approximate surface area is 151 Å². The van der Waals surface area contributed by atoms with E-state index in [4.69, 9.17) is 13.6 Å². The topological polar surface area (TPSA) is 30.9 Å². The maximum Gasteiger partial charge on any atom is 0.321 e. The normalized spacial score (nSPS) is 13.9. The standard InChI is InChI=1S/C19H39NO3Si/c1-3-15-22-24(23-16-4-2)18-12-10-8-6-5-7-9-11-13-20-14-17-21-19-20/h14,17,24H,3-13,15-16,18-19H2,1-2H3. The van der Waals surface area contributed by atoms with Gasteiger partial charge in [-0.1, -0.05) is 58.8 Å². The minimum atomic E-state index is -1.38. The number of rotatable bonds is 17. The molecule has 0 aromatic rings. The zero-order valence-corrected chi connectivity index (χ0v) is 17.2. The fourth-order valence-corrected chi connectivity index (χ4v) is 4.90. The Hall–Kier alpha value is -0.523. The van der Waals surface area contributed by atoms with Crippen LogP contribution >= 0.6 is 0 Å². The predicted molar refractivity (Wildman–Crippen MR) is 103 cm³/mol. The van der Waals surface area contributed by atoms with Crippen LogP contribution in [0.2, 0.25) is 6.04 Å². The van der Waals surface area contributed by atoms with Gasteiger partial charge in [0.2, 0.25) is 0 Å². The lowest BCUT2D eigenvalue weighted by atomic mass is 10.1. The van der Waals surface area contributed by atoms with E-state index in [-0.39, 0.29) is 0 Å². The van der Waals surface area contributed by atoms with E-state index >= 15 is 0 Å². The van der Waals surface area contributed by atoms with Gasteiger partial charge in [-0.25, -0.2) is 0 Å². The summed E-state index contributed by atoms with van der Waals surface area (Å²) < 4.78 is 17.0. The lowest BCUT2D eigenvalue weighted by Gasteiger charge is -2.16. The first-order valence-corrected chi connectivity index (χ1v) is 11.9. The average molecular weight is 358 g/mol.